The second kappa shape index (κ2) is 5.75. The largest absolute Gasteiger partial charge is 0.507 e. The second-order valence-corrected chi connectivity index (χ2v) is 5.56. The maximum absolute atomic E-state index is 12.9. The number of amides is 1. The minimum Gasteiger partial charge on any atom is -0.507 e. The van der Waals surface area contributed by atoms with Crippen LogP contribution in [0.3, 0.4) is 0 Å². The van der Waals surface area contributed by atoms with E-state index < -0.39 is 23.0 Å². The number of halogens is 1. The van der Waals surface area contributed by atoms with E-state index in [-0.39, 0.29) is 10.6 Å². The van der Waals surface area contributed by atoms with Gasteiger partial charge in [-0.25, -0.2) is 4.39 Å². The van der Waals surface area contributed by atoms with Crippen molar-refractivity contribution in [2.24, 2.45) is 5.73 Å². The quantitative estimate of drug-likeness (QED) is 0.748. The van der Waals surface area contributed by atoms with Crippen molar-refractivity contribution in [3.05, 3.63) is 29.6 Å². The normalized spacial score (nSPS) is 17.4. The molecule has 108 valence electrons. The van der Waals surface area contributed by atoms with E-state index in [1.165, 1.54) is 6.07 Å². The molecule has 0 aliphatic heterocycles. The third-order valence-electron chi connectivity index (χ3n) is 3.74. The van der Waals surface area contributed by atoms with Crippen LogP contribution in [0.4, 0.5) is 4.39 Å². The summed E-state index contributed by atoms with van der Waals surface area (Å²) in [6.45, 7) is 0. The molecule has 0 unspecified atom stereocenters. The van der Waals surface area contributed by atoms with Gasteiger partial charge in [-0.05, 0) is 25.0 Å². The van der Waals surface area contributed by atoms with Gasteiger partial charge >= 0.3 is 0 Å². The van der Waals surface area contributed by atoms with Crippen molar-refractivity contribution in [1.29, 1.82) is 0 Å². The molecular weight excluding hydrogens is 279 g/mol. The molecule has 1 fully saturated rings. The van der Waals surface area contributed by atoms with E-state index >= 15 is 0 Å². The van der Waals surface area contributed by atoms with Crippen LogP contribution in [-0.4, -0.2) is 21.5 Å². The highest BCUT2D eigenvalue weighted by molar-refractivity contribution is 7.80. The number of phenolic OH excluding ortho intramolecular Hbond substituents is 1. The van der Waals surface area contributed by atoms with Crippen molar-refractivity contribution in [2.75, 3.05) is 0 Å². The smallest absolute Gasteiger partial charge is 0.255 e. The van der Waals surface area contributed by atoms with E-state index in [1.54, 1.807) is 0 Å². The Hall–Kier alpha value is -1.69. The van der Waals surface area contributed by atoms with Crippen LogP contribution < -0.4 is 11.1 Å². The number of phenols is 1. The lowest BCUT2D eigenvalue weighted by molar-refractivity contribution is 0.0905. The van der Waals surface area contributed by atoms with Crippen molar-refractivity contribution in [3.8, 4) is 5.75 Å². The number of hydrogen-bond acceptors (Lipinski definition) is 3. The number of aromatic hydroxyl groups is 1. The molecule has 0 atom stereocenters. The van der Waals surface area contributed by atoms with Crippen LogP contribution in [0.25, 0.3) is 0 Å². The molecule has 0 radical (unpaired) electrons. The van der Waals surface area contributed by atoms with Crippen LogP contribution in [-0.2, 0) is 0 Å². The maximum Gasteiger partial charge on any atom is 0.255 e. The number of carbonyl (C=O) groups excluding carboxylic acids is 1. The molecule has 4 nitrogen and oxygen atoms in total. The number of nitrogens with one attached hydrogen (secondary N) is 1. The van der Waals surface area contributed by atoms with Gasteiger partial charge in [-0.3, -0.25) is 4.79 Å². The topological polar surface area (TPSA) is 75.3 Å². The molecule has 0 bridgehead atoms. The Kier molecular flexibility index (Phi) is 4.23. The number of benzene rings is 1. The Labute approximate surface area is 122 Å². The summed E-state index contributed by atoms with van der Waals surface area (Å²) in [6, 6.07) is 3.28. The molecule has 0 heterocycles. The van der Waals surface area contributed by atoms with E-state index in [0.717, 1.165) is 31.4 Å². The zero-order valence-corrected chi connectivity index (χ0v) is 11.8. The molecular formula is C14H17FN2O2S. The van der Waals surface area contributed by atoms with Gasteiger partial charge in [0.1, 0.15) is 11.6 Å². The highest BCUT2D eigenvalue weighted by atomic mass is 32.1. The first kappa shape index (κ1) is 14.7. The third-order valence-corrected chi connectivity index (χ3v) is 4.13. The van der Waals surface area contributed by atoms with Crippen LogP contribution in [0.1, 0.15) is 42.5 Å². The van der Waals surface area contributed by atoms with Gasteiger partial charge in [0.25, 0.3) is 5.91 Å². The standard InChI is InChI=1S/C14H17FN2O2S/c15-9-4-5-10(11(18)8-9)12(19)17-14(13(16)20)6-2-1-3-7-14/h4-5,8,18H,1-3,6-7H2,(H2,16,20)(H,17,19). The number of hydrogen-bond donors (Lipinski definition) is 3. The maximum atomic E-state index is 12.9. The molecule has 6 heteroatoms. The Morgan fingerprint density at radius 1 is 1.35 bits per heavy atom. The van der Waals surface area contributed by atoms with Crippen LogP contribution >= 0.6 is 12.2 Å². The van der Waals surface area contributed by atoms with Crippen LogP contribution in [0.15, 0.2) is 18.2 Å². The Balaban J connectivity index is 2.22. The third kappa shape index (κ3) is 2.90. The lowest BCUT2D eigenvalue weighted by Gasteiger charge is -2.37. The fraction of sp³-hybridized carbons (Fsp3) is 0.429. The van der Waals surface area contributed by atoms with E-state index in [1.807, 2.05) is 0 Å². The molecule has 1 aliphatic carbocycles. The summed E-state index contributed by atoms with van der Waals surface area (Å²) in [6.07, 6.45) is 4.34. The van der Waals surface area contributed by atoms with Gasteiger partial charge in [0, 0.05) is 6.07 Å². The van der Waals surface area contributed by atoms with Crippen molar-refractivity contribution in [3.63, 3.8) is 0 Å². The number of rotatable bonds is 3. The molecule has 2 rings (SSSR count). The summed E-state index contributed by atoms with van der Waals surface area (Å²) in [4.78, 5) is 12.5. The lowest BCUT2D eigenvalue weighted by atomic mass is 9.81. The summed E-state index contributed by atoms with van der Waals surface area (Å²) < 4.78 is 12.9. The van der Waals surface area contributed by atoms with Gasteiger partial charge < -0.3 is 16.2 Å². The zero-order valence-electron chi connectivity index (χ0n) is 11.0. The van der Waals surface area contributed by atoms with Crippen molar-refractivity contribution in [1.82, 2.24) is 5.32 Å². The fourth-order valence-electron chi connectivity index (χ4n) is 2.57. The van der Waals surface area contributed by atoms with E-state index in [4.69, 9.17) is 18.0 Å². The minimum absolute atomic E-state index is 0.0209. The van der Waals surface area contributed by atoms with Gasteiger partial charge in [-0.1, -0.05) is 31.5 Å². The molecule has 1 aromatic carbocycles. The SMILES string of the molecule is NC(=S)C1(NC(=O)c2ccc(F)cc2O)CCCCC1. The molecule has 0 spiro atoms. The van der Waals surface area contributed by atoms with Gasteiger partial charge in [0.05, 0.1) is 16.1 Å². The van der Waals surface area contributed by atoms with Crippen LogP contribution in [0, 0.1) is 5.82 Å². The average Bonchev–Trinajstić information content (AvgIpc) is 2.39. The summed E-state index contributed by atoms with van der Waals surface area (Å²) in [5.41, 5.74) is 5.10. The first-order valence-electron chi connectivity index (χ1n) is 6.55. The summed E-state index contributed by atoms with van der Waals surface area (Å²) in [5.74, 6) is -1.48. The highest BCUT2D eigenvalue weighted by Crippen LogP contribution is 2.29. The minimum atomic E-state index is -0.703. The van der Waals surface area contributed by atoms with Gasteiger partial charge in [0.15, 0.2) is 0 Å². The van der Waals surface area contributed by atoms with Crippen molar-refractivity contribution in [2.45, 2.75) is 37.6 Å². The van der Waals surface area contributed by atoms with Crippen molar-refractivity contribution < 1.29 is 14.3 Å². The first-order valence-corrected chi connectivity index (χ1v) is 6.96. The predicted octanol–water partition coefficient (Wildman–Crippen LogP) is 2.25. The van der Waals surface area contributed by atoms with Crippen molar-refractivity contribution >= 4 is 23.1 Å². The Morgan fingerprint density at radius 2 is 2.00 bits per heavy atom. The summed E-state index contributed by atoms with van der Waals surface area (Å²) >= 11 is 5.09. The molecule has 20 heavy (non-hydrogen) atoms. The monoisotopic (exact) mass is 296 g/mol. The first-order chi connectivity index (χ1) is 9.44. The van der Waals surface area contributed by atoms with Gasteiger partial charge in [0.2, 0.25) is 0 Å². The highest BCUT2D eigenvalue weighted by Gasteiger charge is 2.37. The van der Waals surface area contributed by atoms with Crippen LogP contribution in [0.2, 0.25) is 0 Å². The molecule has 1 aliphatic rings. The average molecular weight is 296 g/mol. The van der Waals surface area contributed by atoms with Gasteiger partial charge in [-0.2, -0.15) is 0 Å². The molecule has 4 N–H and O–H groups in total. The number of nitrogens with two attached hydrogens (primary N) is 1. The summed E-state index contributed by atoms with van der Waals surface area (Å²) in [5, 5.41) is 12.5. The van der Waals surface area contributed by atoms with Crippen LogP contribution in [0.5, 0.6) is 5.75 Å². The van der Waals surface area contributed by atoms with Gasteiger partial charge in [-0.15, -0.1) is 0 Å². The molecule has 0 aromatic heterocycles. The Bertz CT molecular complexity index is 542. The van der Waals surface area contributed by atoms with E-state index in [2.05, 4.69) is 5.32 Å². The molecule has 0 saturated heterocycles. The summed E-state index contributed by atoms with van der Waals surface area (Å²) in [7, 11) is 0. The Morgan fingerprint density at radius 3 is 2.55 bits per heavy atom. The number of carbonyl (C=O) groups is 1. The fourth-order valence-corrected chi connectivity index (χ4v) is 2.82. The number of thiocarbonyl (C=S) groups is 1. The molecule has 1 saturated carbocycles. The molecule has 1 amide bonds. The zero-order chi connectivity index (χ0) is 14.8. The van der Waals surface area contributed by atoms with E-state index in [9.17, 15) is 14.3 Å². The molecule has 1 aromatic rings. The lowest BCUT2D eigenvalue weighted by Crippen LogP contribution is -2.57. The second-order valence-electron chi connectivity index (χ2n) is 5.12. The van der Waals surface area contributed by atoms with E-state index in [0.29, 0.717) is 12.8 Å². The predicted molar refractivity (Wildman–Crippen MR) is 78.1 cm³/mol.